The van der Waals surface area contributed by atoms with E-state index in [0.29, 0.717) is 0 Å². The predicted octanol–water partition coefficient (Wildman–Crippen LogP) is 11.7. The van der Waals surface area contributed by atoms with Gasteiger partial charge in [0.1, 0.15) is 5.75 Å². The van der Waals surface area contributed by atoms with Crippen LogP contribution in [0.25, 0.3) is 24.3 Å². The first-order valence-corrected chi connectivity index (χ1v) is 14.9. The molecule has 0 bridgehead atoms. The van der Waals surface area contributed by atoms with Crippen LogP contribution in [-0.4, -0.2) is 5.11 Å². The van der Waals surface area contributed by atoms with Crippen LogP contribution in [0, 0.1) is 0 Å². The Hall–Kier alpha value is -3.20. The molecule has 0 atom stereocenters. The van der Waals surface area contributed by atoms with Gasteiger partial charge in [0.05, 0.1) is 21.7 Å². The second-order valence-corrected chi connectivity index (χ2v) is 14.7. The molecule has 0 amide bonds. The fourth-order valence-electron chi connectivity index (χ4n) is 3.90. The first-order valence-electron chi connectivity index (χ1n) is 14.9. The van der Waals surface area contributed by atoms with Gasteiger partial charge in [-0.2, -0.15) is 0 Å². The van der Waals surface area contributed by atoms with E-state index in [0.717, 1.165) is 45.3 Å². The summed E-state index contributed by atoms with van der Waals surface area (Å²) < 4.78 is 12.6. The Morgan fingerprint density at radius 1 is 0.463 bits per heavy atom. The summed E-state index contributed by atoms with van der Waals surface area (Å²) in [5, 5.41) is 10.6. The molecular formula is C38H54O3+2. The summed E-state index contributed by atoms with van der Waals surface area (Å²) >= 11 is 0. The summed E-state index contributed by atoms with van der Waals surface area (Å²) in [7, 11) is 0. The molecule has 0 fully saturated rings. The van der Waals surface area contributed by atoms with E-state index in [9.17, 15) is 5.11 Å². The molecule has 3 nitrogen and oxygen atoms in total. The molecule has 3 aromatic rings. The molecule has 0 aliphatic heterocycles. The summed E-state index contributed by atoms with van der Waals surface area (Å²) in [5.41, 5.74) is 3.52. The summed E-state index contributed by atoms with van der Waals surface area (Å²) in [5.74, 6) is 4.05. The summed E-state index contributed by atoms with van der Waals surface area (Å²) in [6, 6.07) is 14.1. The number of benzene rings is 1. The molecule has 3 heteroatoms. The van der Waals surface area contributed by atoms with Crippen molar-refractivity contribution < 1.29 is 13.9 Å². The third-order valence-corrected chi connectivity index (χ3v) is 6.56. The topological polar surface area (TPSA) is 42.8 Å². The van der Waals surface area contributed by atoms with E-state index in [-0.39, 0.29) is 27.4 Å². The van der Waals surface area contributed by atoms with Gasteiger partial charge < -0.3 is 5.11 Å². The van der Waals surface area contributed by atoms with Gasteiger partial charge in [0.2, 0.25) is 0 Å². The second kappa shape index (κ2) is 12.8. The van der Waals surface area contributed by atoms with Gasteiger partial charge in [-0.25, -0.2) is 8.83 Å². The van der Waals surface area contributed by atoms with Crippen molar-refractivity contribution in [3.05, 3.63) is 87.8 Å². The van der Waals surface area contributed by atoms with Gasteiger partial charge >= 0.3 is 23.0 Å². The summed E-state index contributed by atoms with van der Waals surface area (Å²) in [6.45, 7) is 29.9. The van der Waals surface area contributed by atoms with Crippen molar-refractivity contribution in [1.82, 2.24) is 0 Å². The molecule has 1 aromatic carbocycles. The molecule has 0 radical (unpaired) electrons. The van der Waals surface area contributed by atoms with E-state index in [1.807, 2.05) is 38.1 Å². The van der Waals surface area contributed by atoms with Crippen LogP contribution in [0.2, 0.25) is 0 Å². The second-order valence-electron chi connectivity index (χ2n) is 14.7. The molecule has 0 unspecified atom stereocenters. The van der Waals surface area contributed by atoms with Crippen molar-refractivity contribution in [2.45, 2.75) is 119 Å². The minimum atomic E-state index is -0.110. The Labute approximate surface area is 250 Å². The molecule has 222 valence electrons. The van der Waals surface area contributed by atoms with Gasteiger partial charge in [0, 0.05) is 29.8 Å². The van der Waals surface area contributed by atoms with Crippen molar-refractivity contribution in [2.24, 2.45) is 0 Å². The maximum atomic E-state index is 10.6. The van der Waals surface area contributed by atoms with Crippen LogP contribution in [0.1, 0.15) is 142 Å². The minimum absolute atomic E-state index is 0.0925. The third kappa shape index (κ3) is 9.69. The molecule has 0 spiro atoms. The van der Waals surface area contributed by atoms with Crippen LogP contribution in [0.15, 0.2) is 51.3 Å². The number of phenols is 1. The fraction of sp³-hybridized carbons (Fsp3) is 0.474. The van der Waals surface area contributed by atoms with E-state index in [1.165, 1.54) is 0 Å². The molecular weight excluding hydrogens is 504 g/mol. The Kier molecular flexibility index (Phi) is 10.6. The van der Waals surface area contributed by atoms with Crippen molar-refractivity contribution in [1.29, 1.82) is 0 Å². The smallest absolute Gasteiger partial charge is 0.335 e. The van der Waals surface area contributed by atoms with E-state index in [1.54, 1.807) is 6.07 Å². The monoisotopic (exact) mass is 558 g/mol. The van der Waals surface area contributed by atoms with Gasteiger partial charge in [-0.05, 0) is 112 Å². The lowest BCUT2D eigenvalue weighted by molar-refractivity contribution is 0.328. The third-order valence-electron chi connectivity index (χ3n) is 6.56. The Morgan fingerprint density at radius 2 is 0.780 bits per heavy atom. The van der Waals surface area contributed by atoms with Gasteiger partial charge in [0.15, 0.2) is 0 Å². The number of rotatable bonds is 4. The van der Waals surface area contributed by atoms with Gasteiger partial charge in [-0.1, -0.05) is 44.2 Å². The highest BCUT2D eigenvalue weighted by Crippen LogP contribution is 2.33. The molecule has 0 aliphatic carbocycles. The lowest BCUT2D eigenvalue weighted by atomic mass is 9.88. The van der Waals surface area contributed by atoms with Gasteiger partial charge in [-0.15, -0.1) is 0 Å². The highest BCUT2D eigenvalue weighted by molar-refractivity contribution is 5.76. The molecule has 41 heavy (non-hydrogen) atoms. The lowest BCUT2D eigenvalue weighted by Gasteiger charge is -2.14. The maximum Gasteiger partial charge on any atom is 0.335 e. The molecule has 2 aromatic heterocycles. The van der Waals surface area contributed by atoms with E-state index in [4.69, 9.17) is 8.83 Å². The SMILES string of the molecule is CC.CC(C)(C)c1cc(/C=C/c2ccc(O)c(/C=C/c3cc(C(C)(C)C)[o+]c(C(C)(C)C)c3)c2)cc(C(C)(C)C)[o+]1. The normalized spacial score (nSPS) is 13.0. The van der Waals surface area contributed by atoms with E-state index >= 15 is 0 Å². The first kappa shape index (κ1) is 34.0. The fourth-order valence-corrected chi connectivity index (χ4v) is 3.90. The first-order chi connectivity index (χ1) is 18.7. The molecule has 0 aliphatic rings. The van der Waals surface area contributed by atoms with Crippen LogP contribution >= 0.6 is 0 Å². The van der Waals surface area contributed by atoms with Crippen molar-refractivity contribution in [2.75, 3.05) is 0 Å². The van der Waals surface area contributed by atoms with Crippen LogP contribution in [0.5, 0.6) is 5.75 Å². The van der Waals surface area contributed by atoms with Crippen LogP contribution in [0.3, 0.4) is 0 Å². The zero-order valence-electron chi connectivity index (χ0n) is 28.1. The lowest BCUT2D eigenvalue weighted by Crippen LogP contribution is -2.16. The maximum absolute atomic E-state index is 10.6. The van der Waals surface area contributed by atoms with Crippen molar-refractivity contribution in [3.63, 3.8) is 0 Å². The molecule has 1 N–H and O–H groups in total. The highest BCUT2D eigenvalue weighted by Gasteiger charge is 2.34. The standard InChI is InChI=1S/C36H47O3.C2H6/c1-33(2,3)29-20-25(21-30(38-29)34(4,5)6)14-13-24-16-18-28(37)27(19-24)17-15-26-22-31(35(7,8)9)39-32(23-26)36(10,11)12;1-2/h13-23H,1-12H3;1-2H3/q+1;/p+1/b14-13+,17-15+;. The molecule has 0 saturated carbocycles. The van der Waals surface area contributed by atoms with E-state index in [2.05, 4.69) is 120 Å². The van der Waals surface area contributed by atoms with Crippen LogP contribution in [-0.2, 0) is 21.7 Å². The predicted molar refractivity (Wildman–Crippen MR) is 178 cm³/mol. The van der Waals surface area contributed by atoms with Crippen molar-refractivity contribution >= 4 is 24.3 Å². The average Bonchev–Trinajstić information content (AvgIpc) is 2.86. The largest absolute Gasteiger partial charge is 0.507 e. The molecule has 0 saturated heterocycles. The minimum Gasteiger partial charge on any atom is -0.507 e. The van der Waals surface area contributed by atoms with Crippen molar-refractivity contribution in [3.8, 4) is 5.75 Å². The Bertz CT molecular complexity index is 1310. The van der Waals surface area contributed by atoms with Gasteiger partial charge in [0.25, 0.3) is 0 Å². The molecule has 2 heterocycles. The number of aromatic hydroxyl groups is 1. The van der Waals surface area contributed by atoms with Gasteiger partial charge in [-0.3, -0.25) is 0 Å². The van der Waals surface area contributed by atoms with E-state index < -0.39 is 0 Å². The summed E-state index contributed by atoms with van der Waals surface area (Å²) in [4.78, 5) is 0. The molecule has 3 rings (SSSR count). The summed E-state index contributed by atoms with van der Waals surface area (Å²) in [6.07, 6.45) is 8.22. The highest BCUT2D eigenvalue weighted by atomic mass is 16.3. The zero-order chi connectivity index (χ0) is 31.4. The zero-order valence-corrected chi connectivity index (χ0v) is 28.1. The number of phenolic OH excluding ortho intramolecular Hbond substituents is 1. The number of hydrogen-bond acceptors (Lipinski definition) is 1. The average molecular weight is 559 g/mol. The van der Waals surface area contributed by atoms with Crippen LogP contribution in [0.4, 0.5) is 0 Å². The quantitative estimate of drug-likeness (QED) is 0.324. The Morgan fingerprint density at radius 3 is 1.12 bits per heavy atom. The number of hydrogen-bond donors (Lipinski definition) is 1. The van der Waals surface area contributed by atoms with Crippen LogP contribution < -0.4 is 0 Å². The Balaban J connectivity index is 0.00000287.